The molecule has 0 N–H and O–H groups in total. The lowest BCUT2D eigenvalue weighted by atomic mass is 10.0. The Morgan fingerprint density at radius 2 is 0.345 bits per heavy atom. The van der Waals surface area contributed by atoms with Gasteiger partial charge in [0.25, 0.3) is 0 Å². The zero-order valence-corrected chi connectivity index (χ0v) is 38.7. The normalized spacial score (nSPS) is 11.9. The first kappa shape index (κ1) is 54.3. The van der Waals surface area contributed by atoms with Gasteiger partial charge in [0.05, 0.1) is 12.5 Å². The van der Waals surface area contributed by atoms with Crippen molar-refractivity contribution in [3.8, 4) is 0 Å². The molecule has 0 saturated heterocycles. The highest BCUT2D eigenvalue weighted by Gasteiger charge is 1.98. The van der Waals surface area contributed by atoms with Crippen molar-refractivity contribution in [1.29, 1.82) is 0 Å². The molecule has 0 fully saturated rings. The van der Waals surface area contributed by atoms with Gasteiger partial charge in [-0.05, 0) is 37.8 Å². The number of hydrogen-bond donors (Lipinski definition) is 0. The standard InChI is InChI=1S/C54H106O/c1-3-5-7-9-11-13-15-17-19-21-23-25-27-29-31-33-35-37-39-41-43-45-47-49-51-53-55-54-52-50-48-46-44-42-40-38-36-34-32-30-28-26-24-22-20-18-16-14-12-10-8-6-4-2/h51-54H,3-50H2,1-2H3. The molecule has 1 heteroatoms. The van der Waals surface area contributed by atoms with Gasteiger partial charge in [-0.2, -0.15) is 0 Å². The van der Waals surface area contributed by atoms with Crippen LogP contribution in [0, 0.1) is 0 Å². The van der Waals surface area contributed by atoms with Crippen LogP contribution in [0.5, 0.6) is 0 Å². The summed E-state index contributed by atoms with van der Waals surface area (Å²) in [5, 5.41) is 0. The Morgan fingerprint density at radius 3 is 0.509 bits per heavy atom. The van der Waals surface area contributed by atoms with Crippen LogP contribution < -0.4 is 0 Å². The maximum atomic E-state index is 5.58. The Bertz CT molecular complexity index is 635. The van der Waals surface area contributed by atoms with E-state index in [2.05, 4.69) is 26.0 Å². The average Bonchev–Trinajstić information content (AvgIpc) is 3.20. The summed E-state index contributed by atoms with van der Waals surface area (Å²) in [6.07, 6.45) is 77.3. The summed E-state index contributed by atoms with van der Waals surface area (Å²) in [7, 11) is 0. The fourth-order valence-corrected chi connectivity index (χ4v) is 8.39. The summed E-state index contributed by atoms with van der Waals surface area (Å²) in [5.41, 5.74) is 0. The summed E-state index contributed by atoms with van der Waals surface area (Å²) < 4.78 is 5.58. The number of unbranched alkanes of at least 4 members (excludes halogenated alkanes) is 46. The van der Waals surface area contributed by atoms with Crippen LogP contribution in [0.3, 0.4) is 0 Å². The first-order valence-electron chi connectivity index (χ1n) is 26.4. The van der Waals surface area contributed by atoms with Gasteiger partial charge in [-0.3, -0.25) is 0 Å². The Morgan fingerprint density at radius 1 is 0.200 bits per heavy atom. The monoisotopic (exact) mass is 771 g/mol. The van der Waals surface area contributed by atoms with Crippen LogP contribution >= 0.6 is 0 Å². The van der Waals surface area contributed by atoms with Gasteiger partial charge in [0, 0.05) is 0 Å². The maximum Gasteiger partial charge on any atom is 0.0861 e. The molecule has 0 spiro atoms. The second-order valence-corrected chi connectivity index (χ2v) is 18.0. The molecule has 0 aromatic carbocycles. The highest BCUT2D eigenvalue weighted by Crippen LogP contribution is 2.18. The van der Waals surface area contributed by atoms with E-state index in [1.54, 1.807) is 0 Å². The Kier molecular flexibility index (Phi) is 52.6. The number of hydrogen-bond acceptors (Lipinski definition) is 1. The third kappa shape index (κ3) is 53.3. The maximum absolute atomic E-state index is 5.58. The molecule has 0 radical (unpaired) electrons. The molecule has 0 aliphatic heterocycles. The summed E-state index contributed by atoms with van der Waals surface area (Å²) in [6.45, 7) is 4.62. The van der Waals surface area contributed by atoms with E-state index in [1.807, 2.05) is 12.5 Å². The molecule has 0 saturated carbocycles. The molecule has 0 aromatic rings. The predicted molar refractivity (Wildman–Crippen MR) is 252 cm³/mol. The highest BCUT2D eigenvalue weighted by atomic mass is 16.5. The van der Waals surface area contributed by atoms with E-state index < -0.39 is 0 Å². The minimum absolute atomic E-state index is 1.16. The fourth-order valence-electron chi connectivity index (χ4n) is 8.39. The molecule has 55 heavy (non-hydrogen) atoms. The largest absolute Gasteiger partial charge is 0.473 e. The van der Waals surface area contributed by atoms with Crippen LogP contribution in [0.25, 0.3) is 0 Å². The van der Waals surface area contributed by atoms with E-state index in [-0.39, 0.29) is 0 Å². The minimum atomic E-state index is 1.16. The van der Waals surface area contributed by atoms with Crippen molar-refractivity contribution in [1.82, 2.24) is 0 Å². The molecular formula is C54H106O. The Hall–Kier alpha value is -0.720. The van der Waals surface area contributed by atoms with Crippen LogP contribution in [0.15, 0.2) is 24.7 Å². The third-order valence-corrected chi connectivity index (χ3v) is 12.3. The quantitative estimate of drug-likeness (QED) is 0.0442. The summed E-state index contributed by atoms with van der Waals surface area (Å²) in [4.78, 5) is 0. The lowest BCUT2D eigenvalue weighted by Gasteiger charge is -2.04. The van der Waals surface area contributed by atoms with E-state index >= 15 is 0 Å². The van der Waals surface area contributed by atoms with Gasteiger partial charge in [0.2, 0.25) is 0 Å². The van der Waals surface area contributed by atoms with E-state index in [1.165, 1.54) is 295 Å². The first-order valence-corrected chi connectivity index (χ1v) is 26.4. The van der Waals surface area contributed by atoms with Gasteiger partial charge >= 0.3 is 0 Å². The topological polar surface area (TPSA) is 9.23 Å². The van der Waals surface area contributed by atoms with Crippen molar-refractivity contribution in [2.24, 2.45) is 0 Å². The third-order valence-electron chi connectivity index (χ3n) is 12.3. The Balaban J connectivity index is 3.14. The van der Waals surface area contributed by atoms with Crippen LogP contribution in [0.1, 0.15) is 322 Å². The molecular weight excluding hydrogens is 665 g/mol. The van der Waals surface area contributed by atoms with Crippen LogP contribution in [-0.2, 0) is 4.74 Å². The van der Waals surface area contributed by atoms with E-state index in [0.717, 1.165) is 12.8 Å². The van der Waals surface area contributed by atoms with Crippen molar-refractivity contribution in [2.45, 2.75) is 322 Å². The molecule has 0 aliphatic carbocycles. The zero-order valence-electron chi connectivity index (χ0n) is 38.7. The van der Waals surface area contributed by atoms with Crippen molar-refractivity contribution < 1.29 is 4.74 Å². The molecule has 0 atom stereocenters. The molecule has 1 nitrogen and oxygen atoms in total. The van der Waals surface area contributed by atoms with Gasteiger partial charge in [0.15, 0.2) is 0 Å². The average molecular weight is 771 g/mol. The van der Waals surface area contributed by atoms with Crippen molar-refractivity contribution in [3.05, 3.63) is 24.7 Å². The summed E-state index contributed by atoms with van der Waals surface area (Å²) >= 11 is 0. The smallest absolute Gasteiger partial charge is 0.0861 e. The number of ether oxygens (including phenoxy) is 1. The summed E-state index contributed by atoms with van der Waals surface area (Å²) in [6, 6.07) is 0. The Labute approximate surface area is 350 Å². The van der Waals surface area contributed by atoms with E-state index in [4.69, 9.17) is 4.74 Å². The molecule has 0 unspecified atom stereocenters. The van der Waals surface area contributed by atoms with E-state index in [9.17, 15) is 0 Å². The number of rotatable bonds is 50. The van der Waals surface area contributed by atoms with Gasteiger partial charge < -0.3 is 4.74 Å². The molecule has 0 aromatic heterocycles. The van der Waals surface area contributed by atoms with Gasteiger partial charge in [-0.25, -0.2) is 0 Å². The van der Waals surface area contributed by atoms with Crippen molar-refractivity contribution >= 4 is 0 Å². The zero-order chi connectivity index (χ0) is 39.5. The van der Waals surface area contributed by atoms with Crippen LogP contribution in [0.2, 0.25) is 0 Å². The van der Waals surface area contributed by atoms with Crippen molar-refractivity contribution in [3.63, 3.8) is 0 Å². The molecule has 0 aliphatic rings. The highest BCUT2D eigenvalue weighted by molar-refractivity contribution is 4.80. The molecule has 0 rings (SSSR count). The second-order valence-electron chi connectivity index (χ2n) is 18.0. The number of allylic oxidation sites excluding steroid dienone is 2. The second kappa shape index (κ2) is 53.3. The van der Waals surface area contributed by atoms with Crippen LogP contribution in [0.4, 0.5) is 0 Å². The molecule has 0 amide bonds. The fraction of sp³-hybridized carbons (Fsp3) is 0.926. The summed E-state index contributed by atoms with van der Waals surface area (Å²) in [5.74, 6) is 0. The SMILES string of the molecule is CCCCCCCCCCCCCCCCCCCCCCCCCC=COC=CCCCCCCCCCCCCCCCCCCCCCCCCC. The molecule has 328 valence electrons. The predicted octanol–water partition coefficient (Wildman–Crippen LogP) is 20.8. The van der Waals surface area contributed by atoms with Gasteiger partial charge in [-0.15, -0.1) is 0 Å². The molecule has 0 heterocycles. The first-order chi connectivity index (χ1) is 27.4. The van der Waals surface area contributed by atoms with E-state index in [0.29, 0.717) is 0 Å². The lowest BCUT2D eigenvalue weighted by Crippen LogP contribution is -1.84. The lowest BCUT2D eigenvalue weighted by molar-refractivity contribution is 0.397. The molecule has 0 bridgehead atoms. The van der Waals surface area contributed by atoms with Crippen molar-refractivity contribution in [2.75, 3.05) is 0 Å². The van der Waals surface area contributed by atoms with Gasteiger partial charge in [-0.1, -0.05) is 296 Å². The van der Waals surface area contributed by atoms with Gasteiger partial charge in [0.1, 0.15) is 0 Å². The minimum Gasteiger partial charge on any atom is -0.473 e. The van der Waals surface area contributed by atoms with Crippen LogP contribution in [-0.4, -0.2) is 0 Å².